The quantitative estimate of drug-likeness (QED) is 0.738. The van der Waals surface area contributed by atoms with Gasteiger partial charge in [0.1, 0.15) is 4.66 Å². The maximum atomic E-state index is 11.1. The molecule has 78 valence electrons. The van der Waals surface area contributed by atoms with Crippen LogP contribution in [0, 0.1) is 0 Å². The molecule has 0 spiro atoms. The largest absolute Gasteiger partial charge is 0.393 e. The van der Waals surface area contributed by atoms with Crippen molar-refractivity contribution < 1.29 is 13.5 Å². The summed E-state index contributed by atoms with van der Waals surface area (Å²) in [5.41, 5.74) is 0. The molecule has 0 saturated heterocycles. The van der Waals surface area contributed by atoms with Gasteiger partial charge in [0.15, 0.2) is 0 Å². The van der Waals surface area contributed by atoms with E-state index in [0.717, 1.165) is 19.3 Å². The van der Waals surface area contributed by atoms with Crippen molar-refractivity contribution in [3.63, 3.8) is 0 Å². The normalized spacial score (nSPS) is 30.3. The average molecular weight is 272 g/mol. The molecule has 0 amide bonds. The molecular formula is C7H14BrNO3S. The molecule has 0 heterocycles. The van der Waals surface area contributed by atoms with Crippen molar-refractivity contribution in [3.8, 4) is 0 Å². The van der Waals surface area contributed by atoms with Crippen LogP contribution in [0.4, 0.5) is 0 Å². The highest BCUT2D eigenvalue weighted by atomic mass is 79.9. The third kappa shape index (κ3) is 3.93. The third-order valence-corrected chi connectivity index (χ3v) is 4.92. The van der Waals surface area contributed by atoms with E-state index in [4.69, 9.17) is 0 Å². The first-order valence-corrected chi connectivity index (χ1v) is 7.05. The van der Waals surface area contributed by atoms with Gasteiger partial charge in [-0.1, -0.05) is 15.9 Å². The number of rotatable bonds is 3. The molecule has 1 rings (SSSR count). The first kappa shape index (κ1) is 11.4. The Morgan fingerprint density at radius 3 is 2.69 bits per heavy atom. The number of sulfonamides is 1. The molecule has 0 bridgehead atoms. The molecule has 4 nitrogen and oxygen atoms in total. The predicted octanol–water partition coefficient (Wildman–Crippen LogP) is 0.562. The Bertz CT molecular complexity index is 254. The van der Waals surface area contributed by atoms with Crippen molar-refractivity contribution in [1.82, 2.24) is 4.72 Å². The number of aliphatic hydroxyl groups excluding tert-OH is 1. The van der Waals surface area contributed by atoms with Crippen LogP contribution < -0.4 is 4.72 Å². The van der Waals surface area contributed by atoms with Gasteiger partial charge in [-0.25, -0.2) is 13.1 Å². The second-order valence-electron chi connectivity index (χ2n) is 3.36. The molecule has 6 heteroatoms. The lowest BCUT2D eigenvalue weighted by molar-refractivity contribution is 0.117. The fourth-order valence-electron chi connectivity index (χ4n) is 1.56. The Labute approximate surface area is 86.9 Å². The average Bonchev–Trinajstić information content (AvgIpc) is 2.03. The number of nitrogens with one attached hydrogen (secondary N) is 1. The number of aliphatic hydroxyl groups is 1. The van der Waals surface area contributed by atoms with Crippen LogP contribution in [0.15, 0.2) is 0 Å². The van der Waals surface area contributed by atoms with Gasteiger partial charge < -0.3 is 5.11 Å². The minimum Gasteiger partial charge on any atom is -0.393 e. The summed E-state index contributed by atoms with van der Waals surface area (Å²) >= 11 is 2.90. The van der Waals surface area contributed by atoms with Gasteiger partial charge in [0.2, 0.25) is 10.0 Å². The lowest BCUT2D eigenvalue weighted by Gasteiger charge is -2.25. The molecular weight excluding hydrogens is 258 g/mol. The highest BCUT2D eigenvalue weighted by Gasteiger charge is 2.23. The van der Waals surface area contributed by atoms with Crippen molar-refractivity contribution in [2.24, 2.45) is 0 Å². The van der Waals surface area contributed by atoms with Crippen LogP contribution in [-0.4, -0.2) is 30.3 Å². The van der Waals surface area contributed by atoms with Crippen LogP contribution >= 0.6 is 15.9 Å². The molecule has 1 fully saturated rings. The highest BCUT2D eigenvalue weighted by molar-refractivity contribution is 9.10. The number of halogens is 1. The van der Waals surface area contributed by atoms with Crippen molar-refractivity contribution >= 4 is 26.0 Å². The zero-order chi connectivity index (χ0) is 9.90. The second kappa shape index (κ2) is 4.72. The summed E-state index contributed by atoms with van der Waals surface area (Å²) < 4.78 is 24.7. The standard InChI is InChI=1S/C7H14BrNO3S/c8-5-13(11,12)9-6-2-1-3-7(10)4-6/h6-7,9-10H,1-5H2. The fraction of sp³-hybridized carbons (Fsp3) is 1.00. The van der Waals surface area contributed by atoms with Gasteiger partial charge in [0.05, 0.1) is 6.10 Å². The van der Waals surface area contributed by atoms with Crippen molar-refractivity contribution in [2.75, 3.05) is 4.66 Å². The van der Waals surface area contributed by atoms with Crippen LogP contribution in [0.2, 0.25) is 0 Å². The number of hydrogen-bond donors (Lipinski definition) is 2. The molecule has 13 heavy (non-hydrogen) atoms. The molecule has 0 radical (unpaired) electrons. The van der Waals surface area contributed by atoms with Gasteiger partial charge in [-0.15, -0.1) is 0 Å². The van der Waals surface area contributed by atoms with Crippen LogP contribution in [0.5, 0.6) is 0 Å². The molecule has 1 aliphatic rings. The molecule has 1 aliphatic carbocycles. The topological polar surface area (TPSA) is 66.4 Å². The van der Waals surface area contributed by atoms with Gasteiger partial charge in [-0.05, 0) is 25.7 Å². The van der Waals surface area contributed by atoms with E-state index in [1.54, 1.807) is 0 Å². The summed E-state index contributed by atoms with van der Waals surface area (Å²) in [5, 5.41) is 9.30. The van der Waals surface area contributed by atoms with E-state index in [1.807, 2.05) is 0 Å². The molecule has 0 aliphatic heterocycles. The van der Waals surface area contributed by atoms with Crippen LogP contribution in [0.3, 0.4) is 0 Å². The lowest BCUT2D eigenvalue weighted by Crippen LogP contribution is -2.40. The summed E-state index contributed by atoms with van der Waals surface area (Å²) in [6.07, 6.45) is 2.68. The zero-order valence-corrected chi connectivity index (χ0v) is 9.64. The summed E-state index contributed by atoms with van der Waals surface area (Å²) in [5.74, 6) is 0. The maximum absolute atomic E-state index is 11.1. The first-order valence-electron chi connectivity index (χ1n) is 4.27. The first-order chi connectivity index (χ1) is 6.03. The molecule has 1 saturated carbocycles. The monoisotopic (exact) mass is 271 g/mol. The van der Waals surface area contributed by atoms with Gasteiger partial charge in [0, 0.05) is 6.04 Å². The van der Waals surface area contributed by atoms with E-state index in [1.165, 1.54) is 0 Å². The van der Waals surface area contributed by atoms with Crippen molar-refractivity contribution in [2.45, 2.75) is 37.8 Å². The summed E-state index contributed by atoms with van der Waals surface area (Å²) in [6, 6.07) is -0.0914. The Kier molecular flexibility index (Phi) is 4.15. The molecule has 2 N–H and O–H groups in total. The van der Waals surface area contributed by atoms with E-state index in [0.29, 0.717) is 6.42 Å². The molecule has 0 aromatic rings. The Hall–Kier alpha value is 0.350. The van der Waals surface area contributed by atoms with E-state index >= 15 is 0 Å². The van der Waals surface area contributed by atoms with Gasteiger partial charge in [-0.2, -0.15) is 0 Å². The van der Waals surface area contributed by atoms with E-state index in [-0.39, 0.29) is 16.8 Å². The minimum atomic E-state index is -3.19. The predicted molar refractivity (Wildman–Crippen MR) is 54.1 cm³/mol. The van der Waals surface area contributed by atoms with E-state index < -0.39 is 10.0 Å². The Morgan fingerprint density at radius 2 is 2.15 bits per heavy atom. The van der Waals surface area contributed by atoms with Crippen LogP contribution in [0.1, 0.15) is 25.7 Å². The Balaban J connectivity index is 2.45. The number of alkyl halides is 1. The van der Waals surface area contributed by atoms with Crippen molar-refractivity contribution in [3.05, 3.63) is 0 Å². The minimum absolute atomic E-state index is 0.0768. The molecule has 2 unspecified atom stereocenters. The van der Waals surface area contributed by atoms with Crippen LogP contribution in [0.25, 0.3) is 0 Å². The Morgan fingerprint density at radius 1 is 1.46 bits per heavy atom. The highest BCUT2D eigenvalue weighted by Crippen LogP contribution is 2.19. The smallest absolute Gasteiger partial charge is 0.221 e. The van der Waals surface area contributed by atoms with E-state index in [2.05, 4.69) is 20.7 Å². The molecule has 2 atom stereocenters. The summed E-state index contributed by atoms with van der Waals surface area (Å²) in [7, 11) is -3.19. The lowest BCUT2D eigenvalue weighted by atomic mass is 9.94. The SMILES string of the molecule is O=S(=O)(CBr)NC1CCCC(O)C1. The second-order valence-corrected chi connectivity index (χ2v) is 6.42. The van der Waals surface area contributed by atoms with Crippen molar-refractivity contribution in [1.29, 1.82) is 0 Å². The van der Waals surface area contributed by atoms with Gasteiger partial charge in [-0.3, -0.25) is 0 Å². The maximum Gasteiger partial charge on any atom is 0.221 e. The van der Waals surface area contributed by atoms with E-state index in [9.17, 15) is 13.5 Å². The van der Waals surface area contributed by atoms with Crippen LogP contribution in [-0.2, 0) is 10.0 Å². The van der Waals surface area contributed by atoms with Gasteiger partial charge >= 0.3 is 0 Å². The number of hydrogen-bond acceptors (Lipinski definition) is 3. The summed E-state index contributed by atoms with van der Waals surface area (Å²) in [6.45, 7) is 0. The molecule has 0 aromatic heterocycles. The zero-order valence-electron chi connectivity index (χ0n) is 7.24. The summed E-state index contributed by atoms with van der Waals surface area (Å²) in [4.78, 5) is 0. The third-order valence-electron chi connectivity index (χ3n) is 2.14. The van der Waals surface area contributed by atoms with Gasteiger partial charge in [0.25, 0.3) is 0 Å². The fourth-order valence-corrected chi connectivity index (χ4v) is 2.74. The molecule has 0 aromatic carbocycles.